The van der Waals surface area contributed by atoms with Crippen molar-refractivity contribution in [2.45, 2.75) is 50.5 Å². The molecule has 4 rings (SSSR count). The van der Waals surface area contributed by atoms with Crippen molar-refractivity contribution in [2.24, 2.45) is 5.92 Å². The minimum atomic E-state index is -2.55. The first kappa shape index (κ1) is 17.0. The van der Waals surface area contributed by atoms with E-state index < -0.39 is 11.6 Å². The maximum atomic E-state index is 13.4. The fraction of sp³-hybridized carbons (Fsp3) is 0.474. The molecule has 1 aromatic heterocycles. The van der Waals surface area contributed by atoms with Gasteiger partial charge in [0.2, 0.25) is 5.92 Å². The maximum Gasteiger partial charge on any atom is 0.334 e. The molecule has 0 amide bonds. The number of aromatic amines is 1. The fourth-order valence-corrected chi connectivity index (χ4v) is 4.11. The Bertz CT molecular complexity index is 911. The molecule has 0 radical (unpaired) electrons. The number of hydrogen-bond donors (Lipinski definition) is 2. The van der Waals surface area contributed by atoms with Crippen LogP contribution in [0.15, 0.2) is 39.9 Å². The summed E-state index contributed by atoms with van der Waals surface area (Å²) in [6, 6.07) is 8.80. The number of alkyl halides is 2. The molecule has 1 saturated carbocycles. The first-order chi connectivity index (χ1) is 12.4. The van der Waals surface area contributed by atoms with Gasteiger partial charge in [0.05, 0.1) is 11.3 Å². The molecule has 2 aromatic rings. The van der Waals surface area contributed by atoms with Crippen LogP contribution in [-0.2, 0) is 6.42 Å². The zero-order chi connectivity index (χ0) is 18.3. The molecule has 1 aromatic carbocycles. The molecule has 1 atom stereocenters. The SMILES string of the molecule is O=c1[nH]c2c(c(=O)n1-c1ccccc1)CC[C@H](C1CCC(F)(F)CC1)N2. The number of nitrogens with zero attached hydrogens (tertiary/aromatic N) is 1. The van der Waals surface area contributed by atoms with Gasteiger partial charge in [-0.05, 0) is 43.7 Å². The highest BCUT2D eigenvalue weighted by Crippen LogP contribution is 2.39. The van der Waals surface area contributed by atoms with Crippen molar-refractivity contribution in [3.05, 3.63) is 56.7 Å². The number of anilines is 1. The summed E-state index contributed by atoms with van der Waals surface area (Å²) in [5, 5.41) is 3.24. The molecular weight excluding hydrogens is 340 g/mol. The highest BCUT2D eigenvalue weighted by atomic mass is 19.3. The van der Waals surface area contributed by atoms with Crippen LogP contribution in [-0.4, -0.2) is 21.5 Å². The van der Waals surface area contributed by atoms with Gasteiger partial charge in [-0.3, -0.25) is 9.78 Å². The van der Waals surface area contributed by atoms with Crippen LogP contribution in [0.5, 0.6) is 0 Å². The minimum absolute atomic E-state index is 0.0150. The minimum Gasteiger partial charge on any atom is -0.368 e. The number of hydrogen-bond acceptors (Lipinski definition) is 3. The predicted molar refractivity (Wildman–Crippen MR) is 95.3 cm³/mol. The Hall–Kier alpha value is -2.44. The quantitative estimate of drug-likeness (QED) is 0.864. The molecule has 0 spiro atoms. The van der Waals surface area contributed by atoms with Crippen LogP contribution in [0.25, 0.3) is 5.69 Å². The van der Waals surface area contributed by atoms with Crippen molar-refractivity contribution in [3.63, 3.8) is 0 Å². The van der Waals surface area contributed by atoms with E-state index in [4.69, 9.17) is 0 Å². The highest BCUT2D eigenvalue weighted by molar-refractivity contribution is 5.47. The van der Waals surface area contributed by atoms with Crippen LogP contribution >= 0.6 is 0 Å². The molecule has 5 nitrogen and oxygen atoms in total. The van der Waals surface area contributed by atoms with Crippen LogP contribution in [0, 0.1) is 5.92 Å². The van der Waals surface area contributed by atoms with Crippen molar-refractivity contribution in [3.8, 4) is 5.69 Å². The van der Waals surface area contributed by atoms with Gasteiger partial charge in [0, 0.05) is 18.9 Å². The third kappa shape index (κ3) is 3.06. The molecule has 138 valence electrons. The van der Waals surface area contributed by atoms with Crippen LogP contribution in [0.4, 0.5) is 14.6 Å². The van der Waals surface area contributed by atoms with Gasteiger partial charge in [-0.1, -0.05) is 18.2 Å². The Morgan fingerprint density at radius 1 is 1.04 bits per heavy atom. The summed E-state index contributed by atoms with van der Waals surface area (Å²) < 4.78 is 27.9. The molecule has 1 fully saturated rings. The molecule has 2 heterocycles. The first-order valence-corrected chi connectivity index (χ1v) is 9.03. The fourth-order valence-electron chi connectivity index (χ4n) is 4.11. The van der Waals surface area contributed by atoms with Crippen molar-refractivity contribution in [2.75, 3.05) is 5.32 Å². The number of benzene rings is 1. The number of nitrogens with one attached hydrogen (secondary N) is 2. The van der Waals surface area contributed by atoms with E-state index in [1.54, 1.807) is 24.3 Å². The molecule has 0 saturated heterocycles. The number of fused-ring (bicyclic) bond motifs is 1. The van der Waals surface area contributed by atoms with Crippen LogP contribution in [0.2, 0.25) is 0 Å². The topological polar surface area (TPSA) is 66.9 Å². The average molecular weight is 361 g/mol. The van der Waals surface area contributed by atoms with E-state index in [-0.39, 0.29) is 30.4 Å². The summed E-state index contributed by atoms with van der Waals surface area (Å²) in [5.41, 5.74) is 0.253. The lowest BCUT2D eigenvalue weighted by Gasteiger charge is -2.37. The van der Waals surface area contributed by atoms with E-state index in [0.717, 1.165) is 4.57 Å². The third-order valence-corrected chi connectivity index (χ3v) is 5.58. The Morgan fingerprint density at radius 3 is 2.42 bits per heavy atom. The van der Waals surface area contributed by atoms with Crippen LogP contribution < -0.4 is 16.6 Å². The maximum absolute atomic E-state index is 13.4. The number of H-pyrrole nitrogens is 1. The van der Waals surface area contributed by atoms with E-state index in [1.807, 2.05) is 6.07 Å². The van der Waals surface area contributed by atoms with Crippen LogP contribution in [0.3, 0.4) is 0 Å². The van der Waals surface area contributed by atoms with Gasteiger partial charge in [0.1, 0.15) is 5.82 Å². The molecule has 2 aliphatic rings. The highest BCUT2D eigenvalue weighted by Gasteiger charge is 2.38. The van der Waals surface area contributed by atoms with Gasteiger partial charge in [0.15, 0.2) is 0 Å². The van der Waals surface area contributed by atoms with E-state index in [1.165, 1.54) is 0 Å². The number of aromatic nitrogens is 2. The second kappa shape index (κ2) is 6.37. The second-order valence-electron chi connectivity index (χ2n) is 7.24. The number of para-hydroxylation sites is 1. The molecule has 0 unspecified atom stereocenters. The lowest BCUT2D eigenvalue weighted by Crippen LogP contribution is -2.43. The zero-order valence-corrected chi connectivity index (χ0v) is 14.3. The summed E-state index contributed by atoms with van der Waals surface area (Å²) >= 11 is 0. The van der Waals surface area contributed by atoms with E-state index in [0.29, 0.717) is 42.8 Å². The van der Waals surface area contributed by atoms with Crippen molar-refractivity contribution < 1.29 is 8.78 Å². The molecule has 1 aliphatic heterocycles. The largest absolute Gasteiger partial charge is 0.368 e. The second-order valence-corrected chi connectivity index (χ2v) is 7.24. The van der Waals surface area contributed by atoms with Gasteiger partial charge < -0.3 is 5.32 Å². The summed E-state index contributed by atoms with van der Waals surface area (Å²) in [5.74, 6) is -1.97. The summed E-state index contributed by atoms with van der Waals surface area (Å²) in [6.45, 7) is 0. The Labute approximate surface area is 149 Å². The van der Waals surface area contributed by atoms with Crippen molar-refractivity contribution >= 4 is 5.82 Å². The number of rotatable bonds is 2. The molecule has 1 aliphatic carbocycles. The molecular formula is C19H21F2N3O2. The monoisotopic (exact) mass is 361 g/mol. The first-order valence-electron chi connectivity index (χ1n) is 9.03. The standard InChI is InChI=1S/C19H21F2N3O2/c20-19(21)10-8-12(9-11-19)15-7-6-14-16(22-15)23-18(26)24(17(14)25)13-4-2-1-3-5-13/h1-5,12,15,22H,6-11H2,(H,23,26)/t15-/m1/s1. The summed E-state index contributed by atoms with van der Waals surface area (Å²) in [7, 11) is 0. The van der Waals surface area contributed by atoms with E-state index in [2.05, 4.69) is 10.3 Å². The summed E-state index contributed by atoms with van der Waals surface area (Å²) in [6.07, 6.45) is 1.99. The predicted octanol–water partition coefficient (Wildman–Crippen LogP) is 3.08. The van der Waals surface area contributed by atoms with Gasteiger partial charge in [0.25, 0.3) is 5.56 Å². The normalized spacial score (nSPS) is 22.5. The Balaban J connectivity index is 1.62. The average Bonchev–Trinajstić information content (AvgIpc) is 2.62. The molecule has 26 heavy (non-hydrogen) atoms. The number of halogens is 2. The Morgan fingerprint density at radius 2 is 1.73 bits per heavy atom. The lowest BCUT2D eigenvalue weighted by atomic mass is 9.79. The third-order valence-electron chi connectivity index (χ3n) is 5.58. The van der Waals surface area contributed by atoms with Crippen LogP contribution in [0.1, 0.15) is 37.7 Å². The molecule has 2 N–H and O–H groups in total. The van der Waals surface area contributed by atoms with Gasteiger partial charge in [-0.2, -0.15) is 0 Å². The smallest absolute Gasteiger partial charge is 0.334 e. The van der Waals surface area contributed by atoms with Crippen molar-refractivity contribution in [1.82, 2.24) is 9.55 Å². The zero-order valence-electron chi connectivity index (χ0n) is 14.3. The molecule has 0 bridgehead atoms. The van der Waals surface area contributed by atoms with Gasteiger partial charge >= 0.3 is 5.69 Å². The van der Waals surface area contributed by atoms with Gasteiger partial charge in [-0.25, -0.2) is 18.1 Å². The van der Waals surface area contributed by atoms with Crippen molar-refractivity contribution in [1.29, 1.82) is 0 Å². The Kier molecular flexibility index (Phi) is 4.17. The summed E-state index contributed by atoms with van der Waals surface area (Å²) in [4.78, 5) is 28.0. The van der Waals surface area contributed by atoms with Gasteiger partial charge in [-0.15, -0.1) is 0 Å². The van der Waals surface area contributed by atoms with E-state index >= 15 is 0 Å². The van der Waals surface area contributed by atoms with E-state index in [9.17, 15) is 18.4 Å². The molecule has 7 heteroatoms. The lowest BCUT2D eigenvalue weighted by molar-refractivity contribution is -0.0478.